The number of anilines is 1. The summed E-state index contributed by atoms with van der Waals surface area (Å²) in [6, 6.07) is 5.41. The molecule has 0 saturated carbocycles. The monoisotopic (exact) mass is 392 g/mol. The number of piperazine rings is 1. The number of rotatable bonds is 4. The van der Waals surface area contributed by atoms with Gasteiger partial charge in [-0.2, -0.15) is 4.31 Å². The second-order valence-corrected chi connectivity index (χ2v) is 9.12. The Balaban J connectivity index is 1.62. The Kier molecular flexibility index (Phi) is 5.93. The van der Waals surface area contributed by atoms with E-state index < -0.39 is 10.0 Å². The molecule has 0 bridgehead atoms. The highest BCUT2D eigenvalue weighted by Gasteiger charge is 2.31. The van der Waals surface area contributed by atoms with E-state index in [-0.39, 0.29) is 11.7 Å². The maximum absolute atomic E-state index is 12.6. The minimum atomic E-state index is -3.22. The van der Waals surface area contributed by atoms with Gasteiger partial charge in [-0.05, 0) is 30.9 Å². The van der Waals surface area contributed by atoms with Crippen LogP contribution in [0.1, 0.15) is 12.8 Å². The van der Waals surface area contributed by atoms with Crippen molar-refractivity contribution in [2.24, 2.45) is 5.92 Å². The van der Waals surface area contributed by atoms with E-state index in [4.69, 9.17) is 27.9 Å². The van der Waals surface area contributed by atoms with Crippen molar-refractivity contribution in [3.8, 4) is 0 Å². The molecule has 2 heterocycles. The topological polar surface area (TPSA) is 49.9 Å². The van der Waals surface area contributed by atoms with Gasteiger partial charge in [0.2, 0.25) is 10.0 Å². The third-order valence-corrected chi connectivity index (χ3v) is 7.33. The zero-order valence-electron chi connectivity index (χ0n) is 13.5. The van der Waals surface area contributed by atoms with Crippen LogP contribution in [0.3, 0.4) is 0 Å². The smallest absolute Gasteiger partial charge is 0.214 e. The van der Waals surface area contributed by atoms with Crippen LogP contribution in [-0.2, 0) is 14.8 Å². The maximum Gasteiger partial charge on any atom is 0.214 e. The van der Waals surface area contributed by atoms with Gasteiger partial charge < -0.3 is 9.64 Å². The molecule has 2 aliphatic heterocycles. The van der Waals surface area contributed by atoms with Gasteiger partial charge in [0, 0.05) is 39.4 Å². The van der Waals surface area contributed by atoms with Crippen LogP contribution < -0.4 is 4.90 Å². The molecular weight excluding hydrogens is 371 g/mol. The number of nitrogens with zero attached hydrogens (tertiary/aromatic N) is 2. The van der Waals surface area contributed by atoms with Gasteiger partial charge in [0.1, 0.15) is 0 Å². The van der Waals surface area contributed by atoms with Crippen molar-refractivity contribution < 1.29 is 13.2 Å². The number of para-hydroxylation sites is 1. The first-order valence-electron chi connectivity index (χ1n) is 8.22. The summed E-state index contributed by atoms with van der Waals surface area (Å²) in [5.74, 6) is 0.434. The van der Waals surface area contributed by atoms with Crippen molar-refractivity contribution in [3.63, 3.8) is 0 Å². The lowest BCUT2D eigenvalue weighted by molar-refractivity contribution is 0.0720. The van der Waals surface area contributed by atoms with E-state index in [9.17, 15) is 8.42 Å². The first-order valence-corrected chi connectivity index (χ1v) is 10.6. The van der Waals surface area contributed by atoms with E-state index in [0.29, 0.717) is 49.4 Å². The number of hydrogen-bond acceptors (Lipinski definition) is 4. The fraction of sp³-hybridized carbons (Fsp3) is 0.625. The number of hydrogen-bond donors (Lipinski definition) is 0. The van der Waals surface area contributed by atoms with Crippen molar-refractivity contribution in [3.05, 3.63) is 28.2 Å². The minimum Gasteiger partial charge on any atom is -0.381 e. The molecule has 2 aliphatic rings. The van der Waals surface area contributed by atoms with E-state index >= 15 is 0 Å². The van der Waals surface area contributed by atoms with Crippen LogP contribution in [0.2, 0.25) is 10.0 Å². The Labute approximate surface area is 153 Å². The van der Waals surface area contributed by atoms with E-state index in [1.54, 1.807) is 16.4 Å². The van der Waals surface area contributed by atoms with Crippen molar-refractivity contribution in [2.45, 2.75) is 12.8 Å². The SMILES string of the molecule is O=S(=O)(CC1CCOCC1)N1CCN(c2c(Cl)cccc2Cl)CC1. The summed E-state index contributed by atoms with van der Waals surface area (Å²) < 4.78 is 32.2. The minimum absolute atomic E-state index is 0.208. The molecule has 0 aliphatic carbocycles. The first kappa shape index (κ1) is 18.3. The number of halogens is 2. The van der Waals surface area contributed by atoms with Crippen molar-refractivity contribution >= 4 is 38.9 Å². The lowest BCUT2D eigenvalue weighted by atomic mass is 10.0. The van der Waals surface area contributed by atoms with Gasteiger partial charge in [-0.15, -0.1) is 0 Å². The Bertz CT molecular complexity index is 650. The first-order chi connectivity index (χ1) is 11.5. The Morgan fingerprint density at radius 2 is 1.62 bits per heavy atom. The van der Waals surface area contributed by atoms with Gasteiger partial charge in [-0.25, -0.2) is 8.42 Å². The summed E-state index contributed by atoms with van der Waals surface area (Å²) in [6.45, 7) is 3.45. The van der Waals surface area contributed by atoms with Crippen molar-refractivity contribution in [1.82, 2.24) is 4.31 Å². The summed E-state index contributed by atoms with van der Waals surface area (Å²) >= 11 is 12.5. The molecule has 2 fully saturated rings. The van der Waals surface area contributed by atoms with Crippen LogP contribution >= 0.6 is 23.2 Å². The second-order valence-electron chi connectivity index (χ2n) is 6.29. The second kappa shape index (κ2) is 7.79. The standard InChI is InChI=1S/C16H22Cl2N2O3S/c17-14-2-1-3-15(18)16(14)19-6-8-20(9-7-19)24(21,22)12-13-4-10-23-11-5-13/h1-3,13H,4-12H2. The zero-order chi connectivity index (χ0) is 17.2. The van der Waals surface area contributed by atoms with Gasteiger partial charge in [0.05, 0.1) is 21.5 Å². The molecular formula is C16H22Cl2N2O3S. The number of benzene rings is 1. The Morgan fingerprint density at radius 1 is 1.04 bits per heavy atom. The average Bonchev–Trinajstić information content (AvgIpc) is 2.56. The molecule has 5 nitrogen and oxygen atoms in total. The highest BCUT2D eigenvalue weighted by atomic mass is 35.5. The maximum atomic E-state index is 12.6. The molecule has 0 atom stereocenters. The average molecular weight is 393 g/mol. The molecule has 24 heavy (non-hydrogen) atoms. The van der Waals surface area contributed by atoms with Crippen LogP contribution in [0.4, 0.5) is 5.69 Å². The van der Waals surface area contributed by atoms with E-state index in [1.807, 2.05) is 6.07 Å². The van der Waals surface area contributed by atoms with Gasteiger partial charge >= 0.3 is 0 Å². The molecule has 1 aromatic carbocycles. The third-order valence-electron chi connectivity index (χ3n) is 4.67. The van der Waals surface area contributed by atoms with Gasteiger partial charge in [-0.3, -0.25) is 0 Å². The molecule has 8 heteroatoms. The Morgan fingerprint density at radius 3 is 2.21 bits per heavy atom. The Hall–Kier alpha value is -0.530. The molecule has 3 rings (SSSR count). The molecule has 0 spiro atoms. The summed E-state index contributed by atoms with van der Waals surface area (Å²) in [5.41, 5.74) is 0.794. The van der Waals surface area contributed by atoms with Crippen LogP contribution in [0, 0.1) is 5.92 Å². The predicted octanol–water partition coefficient (Wildman–Crippen LogP) is 2.87. The molecule has 2 saturated heterocycles. The van der Waals surface area contributed by atoms with Crippen LogP contribution in [0.25, 0.3) is 0 Å². The lowest BCUT2D eigenvalue weighted by Crippen LogP contribution is -2.50. The van der Waals surface area contributed by atoms with Gasteiger partial charge in [0.25, 0.3) is 0 Å². The van der Waals surface area contributed by atoms with Crippen molar-refractivity contribution in [2.75, 3.05) is 50.0 Å². The quantitative estimate of drug-likeness (QED) is 0.790. The fourth-order valence-corrected chi connectivity index (χ4v) is 5.79. The summed E-state index contributed by atoms with van der Waals surface area (Å²) in [6.07, 6.45) is 1.66. The molecule has 0 N–H and O–H groups in total. The van der Waals surface area contributed by atoms with Crippen LogP contribution in [0.15, 0.2) is 18.2 Å². The third kappa shape index (κ3) is 4.17. The normalized spacial score (nSPS) is 21.2. The molecule has 1 aromatic rings. The summed E-state index contributed by atoms with van der Waals surface area (Å²) in [5, 5.41) is 1.20. The highest BCUT2D eigenvalue weighted by molar-refractivity contribution is 7.89. The number of ether oxygens (including phenoxy) is 1. The summed E-state index contributed by atoms with van der Waals surface area (Å²) in [7, 11) is -3.22. The molecule has 0 unspecified atom stereocenters. The van der Waals surface area contributed by atoms with E-state index in [0.717, 1.165) is 18.5 Å². The summed E-state index contributed by atoms with van der Waals surface area (Å²) in [4.78, 5) is 2.06. The molecule has 134 valence electrons. The molecule has 0 amide bonds. The lowest BCUT2D eigenvalue weighted by Gasteiger charge is -2.37. The van der Waals surface area contributed by atoms with Crippen LogP contribution in [0.5, 0.6) is 0 Å². The largest absolute Gasteiger partial charge is 0.381 e. The molecule has 0 radical (unpaired) electrons. The van der Waals surface area contributed by atoms with Crippen LogP contribution in [-0.4, -0.2) is 57.9 Å². The van der Waals surface area contributed by atoms with Gasteiger partial charge in [-0.1, -0.05) is 29.3 Å². The zero-order valence-corrected chi connectivity index (χ0v) is 15.8. The number of sulfonamides is 1. The fourth-order valence-electron chi connectivity index (χ4n) is 3.30. The van der Waals surface area contributed by atoms with E-state index in [2.05, 4.69) is 4.90 Å². The van der Waals surface area contributed by atoms with E-state index in [1.165, 1.54) is 0 Å². The molecule has 0 aromatic heterocycles. The van der Waals surface area contributed by atoms with Crippen molar-refractivity contribution in [1.29, 1.82) is 0 Å². The highest BCUT2D eigenvalue weighted by Crippen LogP contribution is 2.34. The van der Waals surface area contributed by atoms with Gasteiger partial charge in [0.15, 0.2) is 0 Å². The predicted molar refractivity (Wildman–Crippen MR) is 97.6 cm³/mol.